The van der Waals surface area contributed by atoms with Gasteiger partial charge in [-0.15, -0.1) is 0 Å². The Labute approximate surface area is 125 Å². The van der Waals surface area contributed by atoms with E-state index in [1.807, 2.05) is 12.4 Å². The molecule has 0 unspecified atom stereocenters. The number of halogens is 1. The molecule has 0 aliphatic carbocycles. The predicted molar refractivity (Wildman–Crippen MR) is 85.0 cm³/mol. The topological polar surface area (TPSA) is 45.6 Å². The molecule has 20 heavy (non-hydrogen) atoms. The van der Waals surface area contributed by atoms with E-state index in [4.69, 9.17) is 0 Å². The van der Waals surface area contributed by atoms with Gasteiger partial charge in [0.1, 0.15) is 5.65 Å². The number of hydrogen-bond donors (Lipinski definition) is 2. The average molecular weight is 333 g/mol. The molecule has 0 radical (unpaired) electrons. The number of fused-ring (bicyclic) bond motifs is 3. The lowest BCUT2D eigenvalue weighted by molar-refractivity contribution is 0.277. The van der Waals surface area contributed by atoms with Crippen molar-refractivity contribution in [2.45, 2.75) is 19.4 Å². The van der Waals surface area contributed by atoms with Gasteiger partial charge in [-0.2, -0.15) is 0 Å². The molecule has 5 heteroatoms. The van der Waals surface area contributed by atoms with Crippen LogP contribution in [0, 0.1) is 5.92 Å². The smallest absolute Gasteiger partial charge is 0.139 e. The van der Waals surface area contributed by atoms with E-state index in [0.717, 1.165) is 23.3 Å². The van der Waals surface area contributed by atoms with Gasteiger partial charge in [-0.3, -0.25) is 0 Å². The number of H-pyrrole nitrogens is 1. The number of nitrogens with zero attached hydrogens (tertiary/aromatic N) is 2. The molecule has 4 rings (SSSR count). The van der Waals surface area contributed by atoms with Crippen LogP contribution in [0.5, 0.6) is 0 Å². The Hall–Kier alpha value is -1.33. The van der Waals surface area contributed by atoms with Crippen LogP contribution in [0.2, 0.25) is 0 Å². The van der Waals surface area contributed by atoms with E-state index in [0.29, 0.717) is 12.0 Å². The minimum Gasteiger partial charge on any atom is -0.346 e. The van der Waals surface area contributed by atoms with Crippen LogP contribution in [-0.2, 0) is 0 Å². The summed E-state index contributed by atoms with van der Waals surface area (Å²) in [4.78, 5) is 7.69. The molecule has 0 aromatic carbocycles. The maximum absolute atomic E-state index is 4.48. The molecule has 4 nitrogen and oxygen atoms in total. The van der Waals surface area contributed by atoms with Gasteiger partial charge in [-0.05, 0) is 46.9 Å². The van der Waals surface area contributed by atoms with Crippen molar-refractivity contribution in [2.24, 2.45) is 5.92 Å². The van der Waals surface area contributed by atoms with Gasteiger partial charge in [-0.1, -0.05) is 6.92 Å². The van der Waals surface area contributed by atoms with E-state index in [9.17, 15) is 0 Å². The van der Waals surface area contributed by atoms with E-state index in [1.54, 1.807) is 0 Å². The minimum atomic E-state index is 0.483. The first-order valence-corrected chi connectivity index (χ1v) is 7.88. The first kappa shape index (κ1) is 12.4. The summed E-state index contributed by atoms with van der Waals surface area (Å²) < 4.78 is 3.58. The summed E-state index contributed by atoms with van der Waals surface area (Å²) in [5, 5.41) is 5.92. The monoisotopic (exact) mass is 332 g/mol. The van der Waals surface area contributed by atoms with Crippen molar-refractivity contribution in [3.8, 4) is 0 Å². The second kappa shape index (κ2) is 4.60. The van der Waals surface area contributed by atoms with Crippen LogP contribution >= 0.6 is 15.9 Å². The molecule has 104 valence electrons. The highest BCUT2D eigenvalue weighted by molar-refractivity contribution is 9.10. The molecule has 0 amide bonds. The van der Waals surface area contributed by atoms with Crippen molar-refractivity contribution in [3.05, 3.63) is 29.1 Å². The highest BCUT2D eigenvalue weighted by atomic mass is 79.9. The number of aromatic nitrogens is 3. The summed E-state index contributed by atoms with van der Waals surface area (Å²) in [5.74, 6) is 0.672. The standard InChI is InChI=1S/C15H17BrN4/c1-9-2-4-17-8-12(9)20-13(16)6-10-7-19-15-11(14(10)20)3-5-18-15/h3,5-7,9,12,17H,2,4,8H2,1H3,(H,18,19)/t9-,12+/m1/s1. The normalized spacial score (nSPS) is 23.7. The van der Waals surface area contributed by atoms with Crippen LogP contribution in [0.4, 0.5) is 0 Å². The third-order valence-corrected chi connectivity index (χ3v) is 5.06. The quantitative estimate of drug-likeness (QED) is 0.716. The summed E-state index contributed by atoms with van der Waals surface area (Å²) in [6, 6.07) is 4.78. The third-order valence-electron chi connectivity index (χ3n) is 4.45. The Morgan fingerprint density at radius 1 is 1.45 bits per heavy atom. The largest absolute Gasteiger partial charge is 0.346 e. The van der Waals surface area contributed by atoms with E-state index < -0.39 is 0 Å². The molecule has 2 N–H and O–H groups in total. The van der Waals surface area contributed by atoms with Crippen LogP contribution < -0.4 is 5.32 Å². The second-order valence-electron chi connectivity index (χ2n) is 5.68. The van der Waals surface area contributed by atoms with Gasteiger partial charge in [0.15, 0.2) is 0 Å². The van der Waals surface area contributed by atoms with Crippen molar-refractivity contribution in [1.82, 2.24) is 19.9 Å². The molecule has 0 spiro atoms. The zero-order valence-electron chi connectivity index (χ0n) is 11.4. The van der Waals surface area contributed by atoms with Crippen LogP contribution in [0.3, 0.4) is 0 Å². The van der Waals surface area contributed by atoms with E-state index in [1.165, 1.54) is 22.7 Å². The Kier molecular flexibility index (Phi) is 2.86. The van der Waals surface area contributed by atoms with Crippen molar-refractivity contribution in [2.75, 3.05) is 13.1 Å². The molecule has 1 fully saturated rings. The van der Waals surface area contributed by atoms with Crippen LogP contribution in [0.25, 0.3) is 21.9 Å². The Balaban J connectivity index is 2.01. The lowest BCUT2D eigenvalue weighted by Gasteiger charge is -2.32. The molecule has 0 bridgehead atoms. The highest BCUT2D eigenvalue weighted by Gasteiger charge is 2.26. The van der Waals surface area contributed by atoms with Crippen molar-refractivity contribution in [3.63, 3.8) is 0 Å². The van der Waals surface area contributed by atoms with Gasteiger partial charge < -0.3 is 14.9 Å². The van der Waals surface area contributed by atoms with Gasteiger partial charge in [0.25, 0.3) is 0 Å². The summed E-state index contributed by atoms with van der Waals surface area (Å²) in [6.45, 7) is 4.49. The maximum atomic E-state index is 4.48. The Bertz CT molecular complexity index is 773. The molecule has 1 aliphatic rings. The highest BCUT2D eigenvalue weighted by Crippen LogP contribution is 2.36. The fourth-order valence-electron chi connectivity index (χ4n) is 3.33. The lowest BCUT2D eigenvalue weighted by atomic mass is 9.94. The summed E-state index contributed by atoms with van der Waals surface area (Å²) in [5.41, 5.74) is 2.24. The fraction of sp³-hybridized carbons (Fsp3) is 0.400. The minimum absolute atomic E-state index is 0.483. The third kappa shape index (κ3) is 1.73. The van der Waals surface area contributed by atoms with E-state index in [-0.39, 0.29) is 0 Å². The van der Waals surface area contributed by atoms with Crippen LogP contribution in [0.1, 0.15) is 19.4 Å². The number of piperidine rings is 1. The number of nitrogens with one attached hydrogen (secondary N) is 2. The van der Waals surface area contributed by atoms with Crippen molar-refractivity contribution in [1.29, 1.82) is 0 Å². The van der Waals surface area contributed by atoms with E-state index >= 15 is 0 Å². The van der Waals surface area contributed by atoms with Crippen molar-refractivity contribution >= 4 is 37.9 Å². The summed E-state index contributed by atoms with van der Waals surface area (Å²) in [6.07, 6.45) is 5.14. The van der Waals surface area contributed by atoms with E-state index in [2.05, 4.69) is 54.8 Å². The van der Waals surface area contributed by atoms with Gasteiger partial charge in [0.05, 0.1) is 10.1 Å². The fourth-order valence-corrected chi connectivity index (χ4v) is 4.02. The molecule has 3 aromatic heterocycles. The summed E-state index contributed by atoms with van der Waals surface area (Å²) in [7, 11) is 0. The zero-order valence-corrected chi connectivity index (χ0v) is 12.9. The van der Waals surface area contributed by atoms with Gasteiger partial charge >= 0.3 is 0 Å². The SMILES string of the molecule is C[C@@H]1CCNC[C@@H]1n1c(Br)cc2cnc3[nH]ccc3c21. The second-order valence-corrected chi connectivity index (χ2v) is 6.49. The van der Waals surface area contributed by atoms with Gasteiger partial charge in [0, 0.05) is 35.8 Å². The molecular formula is C15H17BrN4. The number of rotatable bonds is 1. The van der Waals surface area contributed by atoms with Gasteiger partial charge in [-0.25, -0.2) is 4.98 Å². The van der Waals surface area contributed by atoms with Gasteiger partial charge in [0.2, 0.25) is 0 Å². The molecule has 1 aliphatic heterocycles. The lowest BCUT2D eigenvalue weighted by Crippen LogP contribution is -2.37. The molecule has 3 aromatic rings. The predicted octanol–water partition coefficient (Wildman–Crippen LogP) is 3.45. The summed E-state index contributed by atoms with van der Waals surface area (Å²) >= 11 is 3.74. The maximum Gasteiger partial charge on any atom is 0.139 e. The first-order chi connectivity index (χ1) is 9.75. The number of pyridine rings is 1. The van der Waals surface area contributed by atoms with Crippen molar-refractivity contribution < 1.29 is 0 Å². The molecular weight excluding hydrogens is 316 g/mol. The first-order valence-electron chi connectivity index (χ1n) is 7.09. The molecule has 4 heterocycles. The van der Waals surface area contributed by atoms with Crippen LogP contribution in [-0.4, -0.2) is 27.6 Å². The Morgan fingerprint density at radius 2 is 2.35 bits per heavy atom. The molecule has 1 saturated heterocycles. The van der Waals surface area contributed by atoms with Crippen LogP contribution in [0.15, 0.2) is 29.1 Å². The molecule has 2 atom stereocenters. The molecule has 0 saturated carbocycles. The number of aromatic amines is 1. The zero-order chi connectivity index (χ0) is 13.7. The Morgan fingerprint density at radius 3 is 3.20 bits per heavy atom. The average Bonchev–Trinajstić information content (AvgIpc) is 3.02. The number of hydrogen-bond acceptors (Lipinski definition) is 2.